The molecule has 1 aliphatic rings. The van der Waals surface area contributed by atoms with Crippen LogP contribution in [0.3, 0.4) is 0 Å². The molecule has 6 nitrogen and oxygen atoms in total. The number of amides is 1. The number of carbonyl (C=O) groups is 2. The third-order valence-electron chi connectivity index (χ3n) is 2.51. The molecule has 1 aliphatic heterocycles. The van der Waals surface area contributed by atoms with Crippen molar-refractivity contribution < 1.29 is 24.2 Å². The third-order valence-corrected chi connectivity index (χ3v) is 2.51. The molecule has 1 fully saturated rings. The van der Waals surface area contributed by atoms with Crippen LogP contribution < -0.4 is 5.32 Å². The first-order chi connectivity index (χ1) is 7.00. The molecule has 0 aromatic rings. The molecule has 2 atom stereocenters. The average molecular weight is 217 g/mol. The van der Waals surface area contributed by atoms with Crippen molar-refractivity contribution in [2.45, 2.75) is 19.9 Å². The van der Waals surface area contributed by atoms with Gasteiger partial charge >= 0.3 is 12.1 Å². The van der Waals surface area contributed by atoms with E-state index in [0.29, 0.717) is 0 Å². The Labute approximate surface area is 87.5 Å². The number of nitrogens with one attached hydrogen (secondary N) is 1. The van der Waals surface area contributed by atoms with E-state index in [1.807, 2.05) is 0 Å². The number of carboxylic acids is 1. The first-order valence-corrected chi connectivity index (χ1v) is 4.75. The highest BCUT2D eigenvalue weighted by molar-refractivity contribution is 5.77. The molecule has 0 spiro atoms. The zero-order valence-corrected chi connectivity index (χ0v) is 8.78. The number of hydrogen-bond donors (Lipinski definition) is 2. The third kappa shape index (κ3) is 2.38. The maximum atomic E-state index is 11.1. The van der Waals surface area contributed by atoms with E-state index in [-0.39, 0.29) is 19.8 Å². The molecular weight excluding hydrogens is 202 g/mol. The number of ether oxygens (including phenoxy) is 2. The summed E-state index contributed by atoms with van der Waals surface area (Å²) in [5.74, 6) is -0.984. The van der Waals surface area contributed by atoms with Crippen LogP contribution in [0.4, 0.5) is 4.79 Å². The second-order valence-corrected chi connectivity index (χ2v) is 3.66. The normalized spacial score (nSPS) is 29.9. The van der Waals surface area contributed by atoms with Gasteiger partial charge in [0.15, 0.2) is 0 Å². The highest BCUT2D eigenvalue weighted by Gasteiger charge is 2.47. The number of hydrogen-bond acceptors (Lipinski definition) is 4. The molecular formula is C9H15NO5. The molecule has 0 bridgehead atoms. The minimum absolute atomic E-state index is 0.0966. The van der Waals surface area contributed by atoms with Gasteiger partial charge in [0.1, 0.15) is 5.41 Å². The quantitative estimate of drug-likeness (QED) is 0.706. The molecule has 15 heavy (non-hydrogen) atoms. The van der Waals surface area contributed by atoms with Gasteiger partial charge in [-0.05, 0) is 13.8 Å². The SMILES string of the molecule is CCOC(=O)NC1COCC1(C)C(=O)O. The van der Waals surface area contributed by atoms with Crippen LogP contribution >= 0.6 is 0 Å². The fourth-order valence-electron chi connectivity index (χ4n) is 1.40. The van der Waals surface area contributed by atoms with Gasteiger partial charge < -0.3 is 19.9 Å². The van der Waals surface area contributed by atoms with Gasteiger partial charge in [-0.25, -0.2) is 4.79 Å². The molecule has 1 amide bonds. The summed E-state index contributed by atoms with van der Waals surface area (Å²) in [6.45, 7) is 3.77. The smallest absolute Gasteiger partial charge is 0.407 e. The van der Waals surface area contributed by atoms with Crippen LogP contribution in [0.25, 0.3) is 0 Å². The molecule has 0 radical (unpaired) electrons. The van der Waals surface area contributed by atoms with E-state index in [2.05, 4.69) is 10.1 Å². The summed E-state index contributed by atoms with van der Waals surface area (Å²) in [5, 5.41) is 11.5. The number of carbonyl (C=O) groups excluding carboxylic acids is 1. The van der Waals surface area contributed by atoms with E-state index in [9.17, 15) is 9.59 Å². The minimum atomic E-state index is -1.08. The van der Waals surface area contributed by atoms with Crippen LogP contribution in [0.15, 0.2) is 0 Å². The number of alkyl carbamates (subject to hydrolysis) is 1. The molecule has 0 aliphatic carbocycles. The van der Waals surface area contributed by atoms with Gasteiger partial charge in [-0.15, -0.1) is 0 Å². The van der Waals surface area contributed by atoms with Crippen molar-refractivity contribution in [2.75, 3.05) is 19.8 Å². The summed E-state index contributed by atoms with van der Waals surface area (Å²) in [6.07, 6.45) is -0.611. The molecule has 0 saturated carbocycles. The van der Waals surface area contributed by atoms with Crippen LogP contribution in [0, 0.1) is 5.41 Å². The zero-order valence-electron chi connectivity index (χ0n) is 8.78. The van der Waals surface area contributed by atoms with E-state index >= 15 is 0 Å². The Morgan fingerprint density at radius 3 is 2.87 bits per heavy atom. The second kappa shape index (κ2) is 4.48. The lowest BCUT2D eigenvalue weighted by molar-refractivity contribution is -0.148. The average Bonchev–Trinajstić information content (AvgIpc) is 2.50. The van der Waals surface area contributed by atoms with Gasteiger partial charge in [-0.2, -0.15) is 0 Å². The molecule has 1 heterocycles. The van der Waals surface area contributed by atoms with E-state index in [0.717, 1.165) is 0 Å². The standard InChI is InChI=1S/C9H15NO5/c1-3-15-8(13)10-6-4-14-5-9(6,2)7(11)12/h6H,3-5H2,1-2H3,(H,10,13)(H,11,12). The van der Waals surface area contributed by atoms with Crippen LogP contribution in [-0.4, -0.2) is 43.0 Å². The highest BCUT2D eigenvalue weighted by Crippen LogP contribution is 2.28. The fourth-order valence-corrected chi connectivity index (χ4v) is 1.40. The molecule has 1 rings (SSSR count). The van der Waals surface area contributed by atoms with Gasteiger partial charge in [0.05, 0.1) is 25.9 Å². The number of rotatable bonds is 3. The van der Waals surface area contributed by atoms with Crippen LogP contribution in [0.2, 0.25) is 0 Å². The van der Waals surface area contributed by atoms with Gasteiger partial charge in [0.2, 0.25) is 0 Å². The molecule has 1 saturated heterocycles. The maximum absolute atomic E-state index is 11.1. The number of carboxylic acid groups (broad SMARTS) is 1. The molecule has 2 unspecified atom stereocenters. The van der Waals surface area contributed by atoms with Gasteiger partial charge in [-0.1, -0.05) is 0 Å². The number of aliphatic carboxylic acids is 1. The fraction of sp³-hybridized carbons (Fsp3) is 0.778. The van der Waals surface area contributed by atoms with E-state index in [1.165, 1.54) is 0 Å². The Hall–Kier alpha value is -1.30. The monoisotopic (exact) mass is 217 g/mol. The Bertz CT molecular complexity index is 267. The van der Waals surface area contributed by atoms with Crippen molar-refractivity contribution in [3.63, 3.8) is 0 Å². The van der Waals surface area contributed by atoms with Gasteiger partial charge in [0.25, 0.3) is 0 Å². The van der Waals surface area contributed by atoms with E-state index < -0.39 is 23.5 Å². The molecule has 6 heteroatoms. The van der Waals surface area contributed by atoms with E-state index in [4.69, 9.17) is 9.84 Å². The maximum Gasteiger partial charge on any atom is 0.407 e. The Kier molecular flexibility index (Phi) is 3.52. The Morgan fingerprint density at radius 1 is 1.67 bits per heavy atom. The summed E-state index contributed by atoms with van der Waals surface area (Å²) in [6, 6.07) is -0.547. The Balaban J connectivity index is 2.61. The lowest BCUT2D eigenvalue weighted by Gasteiger charge is -2.24. The van der Waals surface area contributed by atoms with Crippen molar-refractivity contribution in [3.05, 3.63) is 0 Å². The van der Waals surface area contributed by atoms with Gasteiger partial charge in [0, 0.05) is 0 Å². The topological polar surface area (TPSA) is 84.9 Å². The van der Waals surface area contributed by atoms with Crippen LogP contribution in [0.1, 0.15) is 13.8 Å². The molecule has 0 aromatic carbocycles. The highest BCUT2D eigenvalue weighted by atomic mass is 16.5. The van der Waals surface area contributed by atoms with E-state index in [1.54, 1.807) is 13.8 Å². The summed E-state index contributed by atoms with van der Waals surface area (Å²) < 4.78 is 9.74. The van der Waals surface area contributed by atoms with Crippen molar-refractivity contribution in [1.82, 2.24) is 5.32 Å². The van der Waals surface area contributed by atoms with Crippen LogP contribution in [0.5, 0.6) is 0 Å². The first-order valence-electron chi connectivity index (χ1n) is 4.75. The van der Waals surface area contributed by atoms with Crippen molar-refractivity contribution in [1.29, 1.82) is 0 Å². The summed E-state index contributed by atoms with van der Waals surface area (Å²) in [7, 11) is 0. The zero-order chi connectivity index (χ0) is 11.5. The second-order valence-electron chi connectivity index (χ2n) is 3.66. The summed E-state index contributed by atoms with van der Waals surface area (Å²) in [4.78, 5) is 22.1. The summed E-state index contributed by atoms with van der Waals surface area (Å²) in [5.41, 5.74) is -1.08. The minimum Gasteiger partial charge on any atom is -0.481 e. The van der Waals surface area contributed by atoms with Crippen LogP contribution in [-0.2, 0) is 14.3 Å². The first kappa shape index (κ1) is 11.8. The largest absolute Gasteiger partial charge is 0.481 e. The molecule has 0 aromatic heterocycles. The lowest BCUT2D eigenvalue weighted by atomic mass is 9.85. The van der Waals surface area contributed by atoms with Crippen molar-refractivity contribution in [3.8, 4) is 0 Å². The predicted molar refractivity (Wildman–Crippen MR) is 50.5 cm³/mol. The van der Waals surface area contributed by atoms with Crippen molar-refractivity contribution in [2.24, 2.45) is 5.41 Å². The lowest BCUT2D eigenvalue weighted by Crippen LogP contribution is -2.49. The van der Waals surface area contributed by atoms with Gasteiger partial charge in [-0.3, -0.25) is 4.79 Å². The van der Waals surface area contributed by atoms with Crippen molar-refractivity contribution >= 4 is 12.1 Å². The summed E-state index contributed by atoms with van der Waals surface area (Å²) >= 11 is 0. The predicted octanol–water partition coefficient (Wildman–Crippen LogP) is 0.222. The molecule has 2 N–H and O–H groups in total. The molecule has 86 valence electrons. The Morgan fingerprint density at radius 2 is 2.33 bits per heavy atom.